The van der Waals surface area contributed by atoms with E-state index in [1.807, 2.05) is 107 Å². The molecule has 0 bridgehead atoms. The number of nitriles is 1. The Hall–Kier alpha value is -6.04. The van der Waals surface area contributed by atoms with E-state index in [-0.39, 0.29) is 42.8 Å². The van der Waals surface area contributed by atoms with Gasteiger partial charge in [0.1, 0.15) is 36.0 Å². The van der Waals surface area contributed by atoms with Crippen molar-refractivity contribution in [2.45, 2.75) is 89.4 Å². The fraction of sp³-hybridized carbons (Fsp3) is 0.375. The van der Waals surface area contributed by atoms with Gasteiger partial charge >= 0.3 is 12.1 Å². The molecular weight excluding hydrogens is 879 g/mol. The van der Waals surface area contributed by atoms with Gasteiger partial charge in [0.05, 0.1) is 62.0 Å². The number of nitro groups is 1. The molecule has 0 aliphatic carbocycles. The Kier molecular flexibility index (Phi) is 16.8. The fourth-order valence-corrected chi connectivity index (χ4v) is 9.46. The summed E-state index contributed by atoms with van der Waals surface area (Å²) in [5.74, 6) is 4.52. The number of rotatable bonds is 19. The van der Waals surface area contributed by atoms with E-state index >= 15 is 0 Å². The van der Waals surface area contributed by atoms with Crippen LogP contribution < -0.4 is 14.8 Å². The number of alkyl halides is 3. The number of nitro benzene ring substituents is 1. The lowest BCUT2D eigenvalue weighted by Crippen LogP contribution is -2.37. The molecule has 6 rings (SSSR count). The molecule has 0 radical (unpaired) electrons. The number of carbonyl (C=O) groups excluding carboxylic acids is 1. The highest BCUT2D eigenvalue weighted by Crippen LogP contribution is 2.53. The molecule has 5 unspecified atom stereocenters. The molecule has 348 valence electrons. The van der Waals surface area contributed by atoms with Crippen LogP contribution in [0.15, 0.2) is 103 Å². The van der Waals surface area contributed by atoms with Gasteiger partial charge in [-0.25, -0.2) is 4.67 Å². The van der Waals surface area contributed by atoms with Crippen molar-refractivity contribution in [1.82, 2.24) is 14.6 Å². The molecule has 1 aliphatic rings. The van der Waals surface area contributed by atoms with Crippen molar-refractivity contribution in [2.24, 2.45) is 0 Å². The quantitative estimate of drug-likeness (QED) is 0.0276. The summed E-state index contributed by atoms with van der Waals surface area (Å²) < 4.78 is 81.6. The van der Waals surface area contributed by atoms with Gasteiger partial charge in [0, 0.05) is 42.2 Å². The summed E-state index contributed by atoms with van der Waals surface area (Å²) in [5.41, 5.74) is 2.90. The van der Waals surface area contributed by atoms with Crippen molar-refractivity contribution in [3.05, 3.63) is 136 Å². The highest BCUT2D eigenvalue weighted by molar-refractivity contribution is 7.44. The number of amides is 1. The summed E-state index contributed by atoms with van der Waals surface area (Å²) in [6.07, 6.45) is -7.06. The summed E-state index contributed by atoms with van der Waals surface area (Å²) >= 11 is 0. The number of fused-ring (bicyclic) bond motifs is 1. The van der Waals surface area contributed by atoms with E-state index in [9.17, 15) is 33.3 Å². The van der Waals surface area contributed by atoms with Gasteiger partial charge in [-0.05, 0) is 74.7 Å². The largest absolute Gasteiger partial charge is 0.497 e. The minimum absolute atomic E-state index is 0.0308. The Bertz CT molecular complexity index is 2470. The monoisotopic (exact) mass is 929 g/mol. The molecule has 2 heterocycles. The van der Waals surface area contributed by atoms with Gasteiger partial charge in [0.2, 0.25) is 0 Å². The molecule has 4 aromatic carbocycles. The summed E-state index contributed by atoms with van der Waals surface area (Å²) in [4.78, 5) is 22.9. The van der Waals surface area contributed by atoms with Gasteiger partial charge in [-0.2, -0.15) is 18.4 Å². The second-order valence-corrected chi connectivity index (χ2v) is 17.2. The molecule has 1 amide bonds. The van der Waals surface area contributed by atoms with Gasteiger partial charge in [-0.15, -0.1) is 0 Å². The highest BCUT2D eigenvalue weighted by Gasteiger charge is 2.47. The van der Waals surface area contributed by atoms with Crippen LogP contribution in [0.4, 0.5) is 18.9 Å². The van der Waals surface area contributed by atoms with E-state index in [0.717, 1.165) is 16.7 Å². The van der Waals surface area contributed by atoms with Crippen molar-refractivity contribution in [3.8, 4) is 29.4 Å². The molecule has 14 nitrogen and oxygen atoms in total. The van der Waals surface area contributed by atoms with Gasteiger partial charge in [-0.1, -0.05) is 66.4 Å². The Balaban J connectivity index is 1.49. The number of halogens is 3. The summed E-state index contributed by atoms with van der Waals surface area (Å²) in [7, 11) is 1.36. The molecule has 5 atom stereocenters. The average Bonchev–Trinajstić information content (AvgIpc) is 3.88. The Morgan fingerprint density at radius 1 is 0.955 bits per heavy atom. The maximum absolute atomic E-state index is 12.9. The zero-order chi connectivity index (χ0) is 47.5. The number of aromatic nitrogens is 1. The third kappa shape index (κ3) is 12.0. The molecular formula is C48H51F3N5O9P. The van der Waals surface area contributed by atoms with E-state index in [1.165, 1.54) is 12.1 Å². The first-order chi connectivity index (χ1) is 31.6. The number of hydrogen-bond donors (Lipinski definition) is 1. The van der Waals surface area contributed by atoms with Crippen LogP contribution in [-0.4, -0.2) is 77.9 Å². The van der Waals surface area contributed by atoms with E-state index in [4.69, 9.17) is 28.0 Å². The number of methoxy groups -OCH3 is 2. The Morgan fingerprint density at radius 2 is 1.58 bits per heavy atom. The summed E-state index contributed by atoms with van der Waals surface area (Å²) in [5, 5.41) is 23.5. The maximum Gasteiger partial charge on any atom is 0.471 e. The zero-order valence-corrected chi connectivity index (χ0v) is 38.1. The second-order valence-electron chi connectivity index (χ2n) is 15.8. The lowest BCUT2D eigenvalue weighted by atomic mass is 9.97. The number of nitrogens with zero attached hydrogens (tertiary/aromatic N) is 4. The van der Waals surface area contributed by atoms with Crippen molar-refractivity contribution >= 4 is 31.0 Å². The third-order valence-corrected chi connectivity index (χ3v) is 12.9. The molecule has 1 aromatic heterocycles. The topological polar surface area (TPSA) is 160 Å². The number of ether oxygens (including phenoxy) is 4. The third-order valence-electron chi connectivity index (χ3n) is 10.7. The SMILES string of the molecule is COc1ccc(C(OC(c2ccccc2)C2OC(n3cc(C#CCNC(=O)C(F)(F)F)c4cc([N+](=O)[O-])ccc43)CC2OP(OCCC#N)N(C(C)C)C(C)C)c2ccc(OC)cc2)cc1. The highest BCUT2D eigenvalue weighted by atomic mass is 31.2. The van der Waals surface area contributed by atoms with Gasteiger partial charge in [0.25, 0.3) is 14.2 Å². The smallest absolute Gasteiger partial charge is 0.471 e. The Morgan fingerprint density at radius 3 is 2.12 bits per heavy atom. The molecule has 66 heavy (non-hydrogen) atoms. The minimum Gasteiger partial charge on any atom is -0.497 e. The molecule has 5 aromatic rings. The predicted molar refractivity (Wildman–Crippen MR) is 241 cm³/mol. The molecule has 1 fully saturated rings. The fourth-order valence-electron chi connectivity index (χ4n) is 7.72. The number of carbonyl (C=O) groups is 1. The van der Waals surface area contributed by atoms with Crippen LogP contribution in [0.25, 0.3) is 10.9 Å². The lowest BCUT2D eigenvalue weighted by molar-refractivity contribution is -0.384. The average molecular weight is 930 g/mol. The summed E-state index contributed by atoms with van der Waals surface area (Å²) in [6.45, 7) is 7.61. The molecule has 1 saturated heterocycles. The van der Waals surface area contributed by atoms with Gasteiger partial charge in [0.15, 0.2) is 0 Å². The maximum atomic E-state index is 12.9. The number of nitrogens with one attached hydrogen (secondary N) is 1. The van der Waals surface area contributed by atoms with Crippen LogP contribution in [0.5, 0.6) is 11.5 Å². The van der Waals surface area contributed by atoms with Crippen LogP contribution >= 0.6 is 8.53 Å². The van der Waals surface area contributed by atoms with E-state index < -0.39 is 62.7 Å². The van der Waals surface area contributed by atoms with E-state index in [0.29, 0.717) is 22.4 Å². The molecule has 1 aliphatic heterocycles. The molecule has 0 saturated carbocycles. The molecule has 18 heteroatoms. The van der Waals surface area contributed by atoms with E-state index in [2.05, 4.69) is 22.6 Å². The molecule has 1 N–H and O–H groups in total. The first-order valence-corrected chi connectivity index (χ1v) is 22.3. The van der Waals surface area contributed by atoms with E-state index in [1.54, 1.807) is 36.4 Å². The van der Waals surface area contributed by atoms with Crippen molar-refractivity contribution in [3.63, 3.8) is 0 Å². The van der Waals surface area contributed by atoms with Crippen LogP contribution in [0.2, 0.25) is 0 Å². The van der Waals surface area contributed by atoms with Crippen molar-refractivity contribution in [2.75, 3.05) is 27.4 Å². The summed E-state index contributed by atoms with van der Waals surface area (Å²) in [6, 6.07) is 31.0. The first kappa shape index (κ1) is 49.4. The van der Waals surface area contributed by atoms with Gasteiger partial charge in [-0.3, -0.25) is 14.9 Å². The molecule has 0 spiro atoms. The van der Waals surface area contributed by atoms with Gasteiger partial charge < -0.3 is 37.9 Å². The Labute approximate surface area is 382 Å². The predicted octanol–water partition coefficient (Wildman–Crippen LogP) is 10.1. The van der Waals surface area contributed by atoms with Crippen LogP contribution in [0.1, 0.15) is 81.2 Å². The number of non-ortho nitro benzene ring substituents is 1. The zero-order valence-electron chi connectivity index (χ0n) is 37.2. The first-order valence-electron chi connectivity index (χ1n) is 21.1. The van der Waals surface area contributed by atoms with Crippen LogP contribution in [0.3, 0.4) is 0 Å². The lowest BCUT2D eigenvalue weighted by Gasteiger charge is -2.38. The normalized spacial score (nSPS) is 17.1. The van der Waals surface area contributed by atoms with Crippen molar-refractivity contribution in [1.29, 1.82) is 5.26 Å². The van der Waals surface area contributed by atoms with Crippen LogP contribution in [0, 0.1) is 33.3 Å². The van der Waals surface area contributed by atoms with Crippen LogP contribution in [-0.2, 0) is 23.3 Å². The minimum atomic E-state index is -5.10. The second kappa shape index (κ2) is 22.4. The number of hydrogen-bond acceptors (Lipinski definition) is 11. The number of benzene rings is 4. The standard InChI is InChI=1S/C48H51F3N5O9P/c1-31(2)55(32(3)4)66(62-27-11-25-52)65-42-29-43(54-30-36(14-10-26-53-47(57)48(49,50)51)40-28-37(56(58)59)19-24-41(40)54)63-46(42)45(33-12-8-7-9-13-33)64-44(34-15-20-38(60-5)21-16-34)35-17-22-39(61-6)23-18-35/h7-9,12-13,15-24,28,30-32,42-46H,11,26-27,29H2,1-6H3,(H,53,57). The van der Waals surface area contributed by atoms with Crippen molar-refractivity contribution < 1.29 is 50.9 Å².